The summed E-state index contributed by atoms with van der Waals surface area (Å²) in [6.45, 7) is 2.11. The van der Waals surface area contributed by atoms with Gasteiger partial charge in [-0.25, -0.2) is 0 Å². The smallest absolute Gasteiger partial charge is 0.239 e. The first-order chi connectivity index (χ1) is 8.65. The van der Waals surface area contributed by atoms with E-state index in [4.69, 9.17) is 16.7 Å². The highest BCUT2D eigenvalue weighted by Gasteiger charge is 2.22. The molecule has 0 spiro atoms. The van der Waals surface area contributed by atoms with Crippen LogP contribution >= 0.6 is 0 Å². The first-order valence-electron chi connectivity index (χ1n) is 6.14. The third kappa shape index (κ3) is 4.59. The summed E-state index contributed by atoms with van der Waals surface area (Å²) >= 11 is 0. The molecule has 0 aliphatic carbocycles. The molecule has 1 fully saturated rings. The molecule has 0 aromatic heterocycles. The van der Waals surface area contributed by atoms with Gasteiger partial charge in [-0.15, -0.1) is 0 Å². The minimum absolute atomic E-state index is 0.0274. The predicted molar refractivity (Wildman–Crippen MR) is 68.3 cm³/mol. The Labute approximate surface area is 107 Å². The summed E-state index contributed by atoms with van der Waals surface area (Å²) in [4.78, 5) is 17.6. The number of nitriles is 1. The molecule has 7 heteroatoms. The maximum atomic E-state index is 11.9. The molecule has 7 nitrogen and oxygen atoms in total. The molecular weight excluding hydrogens is 232 g/mol. The average Bonchev–Trinajstić information content (AvgIpc) is 2.87. The summed E-state index contributed by atoms with van der Waals surface area (Å²) in [5.74, 6) is 0.122. The Bertz CT molecular complexity index is 342. The molecule has 5 N–H and O–H groups in total. The first-order valence-corrected chi connectivity index (χ1v) is 6.14. The number of hydrogen-bond donors (Lipinski definition) is 3. The van der Waals surface area contributed by atoms with Crippen molar-refractivity contribution in [3.05, 3.63) is 0 Å². The van der Waals surface area contributed by atoms with Crippen molar-refractivity contribution in [3.8, 4) is 6.19 Å². The van der Waals surface area contributed by atoms with Crippen molar-refractivity contribution in [2.75, 3.05) is 19.6 Å². The highest BCUT2D eigenvalue weighted by Crippen LogP contribution is 2.10. The topological polar surface area (TPSA) is 121 Å². The van der Waals surface area contributed by atoms with Crippen LogP contribution in [0.3, 0.4) is 0 Å². The van der Waals surface area contributed by atoms with E-state index in [1.165, 1.54) is 0 Å². The van der Waals surface area contributed by atoms with Crippen molar-refractivity contribution in [3.63, 3.8) is 0 Å². The number of nitrogens with two attached hydrogens (primary N) is 2. The lowest BCUT2D eigenvalue weighted by atomic mass is 10.1. The zero-order valence-electron chi connectivity index (χ0n) is 10.4. The third-order valence-corrected chi connectivity index (χ3v) is 2.87. The SMILES string of the molecule is N#CNC(N)=NCCCC(N)C(=O)N1CCCC1. The quantitative estimate of drug-likeness (QED) is 0.192. The van der Waals surface area contributed by atoms with E-state index in [2.05, 4.69) is 10.3 Å². The van der Waals surface area contributed by atoms with Crippen LogP contribution in [0.5, 0.6) is 0 Å². The van der Waals surface area contributed by atoms with E-state index in [1.54, 1.807) is 6.19 Å². The molecule has 1 atom stereocenters. The molecule has 0 saturated carbocycles. The largest absolute Gasteiger partial charge is 0.369 e. The number of guanidine groups is 1. The second-order valence-electron chi connectivity index (χ2n) is 4.28. The molecule has 1 aliphatic heterocycles. The van der Waals surface area contributed by atoms with Gasteiger partial charge in [0.15, 0.2) is 6.19 Å². The van der Waals surface area contributed by atoms with Crippen molar-refractivity contribution in [1.29, 1.82) is 5.26 Å². The van der Waals surface area contributed by atoms with Crippen molar-refractivity contribution in [2.24, 2.45) is 16.5 Å². The van der Waals surface area contributed by atoms with Crippen LogP contribution in [0, 0.1) is 11.5 Å². The average molecular weight is 252 g/mol. The number of nitrogens with zero attached hydrogens (tertiary/aromatic N) is 3. The van der Waals surface area contributed by atoms with E-state index < -0.39 is 6.04 Å². The molecule has 0 aromatic rings. The van der Waals surface area contributed by atoms with Crippen LogP contribution in [0.2, 0.25) is 0 Å². The van der Waals surface area contributed by atoms with E-state index in [-0.39, 0.29) is 11.9 Å². The van der Waals surface area contributed by atoms with E-state index in [0.717, 1.165) is 25.9 Å². The number of amides is 1. The predicted octanol–water partition coefficient (Wildman–Crippen LogP) is -0.898. The molecule has 1 saturated heterocycles. The van der Waals surface area contributed by atoms with Crippen molar-refractivity contribution < 1.29 is 4.79 Å². The lowest BCUT2D eigenvalue weighted by molar-refractivity contribution is -0.131. The van der Waals surface area contributed by atoms with Crippen molar-refractivity contribution >= 4 is 11.9 Å². The first kappa shape index (κ1) is 14.3. The van der Waals surface area contributed by atoms with Crippen molar-refractivity contribution in [1.82, 2.24) is 10.2 Å². The standard InChI is InChI=1S/C11H20N6O/c12-8-16-11(14)15-5-3-4-9(13)10(18)17-6-1-2-7-17/h9H,1-7,13H2,(H3,14,15,16). The Hall–Kier alpha value is -1.81. The van der Waals surface area contributed by atoms with Crippen molar-refractivity contribution in [2.45, 2.75) is 31.7 Å². The molecule has 1 aliphatic rings. The molecule has 1 unspecified atom stereocenters. The highest BCUT2D eigenvalue weighted by atomic mass is 16.2. The molecule has 100 valence electrons. The van der Waals surface area contributed by atoms with Crippen LogP contribution in [0.1, 0.15) is 25.7 Å². The maximum Gasteiger partial charge on any atom is 0.239 e. The summed E-state index contributed by atoms with van der Waals surface area (Å²) in [5, 5.41) is 10.5. The van der Waals surface area contributed by atoms with Gasteiger partial charge in [-0.05, 0) is 25.7 Å². The summed E-state index contributed by atoms with van der Waals surface area (Å²) in [6, 6.07) is -0.455. The van der Waals surface area contributed by atoms with Gasteiger partial charge in [0.1, 0.15) is 0 Å². The van der Waals surface area contributed by atoms with Crippen LogP contribution in [0.15, 0.2) is 4.99 Å². The second-order valence-corrected chi connectivity index (χ2v) is 4.28. The fourth-order valence-corrected chi connectivity index (χ4v) is 1.90. The number of likely N-dealkylation sites (tertiary alicyclic amines) is 1. The van der Waals surface area contributed by atoms with Gasteiger partial charge < -0.3 is 16.4 Å². The van der Waals surface area contributed by atoms with Gasteiger partial charge in [-0.2, -0.15) is 5.26 Å². The lowest BCUT2D eigenvalue weighted by Crippen LogP contribution is -2.42. The van der Waals surface area contributed by atoms with Gasteiger partial charge in [0.25, 0.3) is 0 Å². The fourth-order valence-electron chi connectivity index (χ4n) is 1.90. The van der Waals surface area contributed by atoms with E-state index in [0.29, 0.717) is 19.4 Å². The maximum absolute atomic E-state index is 11.9. The highest BCUT2D eigenvalue weighted by molar-refractivity contribution is 5.81. The monoisotopic (exact) mass is 252 g/mol. The fraction of sp³-hybridized carbons (Fsp3) is 0.727. The molecule has 0 bridgehead atoms. The van der Waals surface area contributed by atoms with E-state index >= 15 is 0 Å². The Kier molecular flexibility index (Phi) is 5.94. The van der Waals surface area contributed by atoms with Gasteiger partial charge in [-0.1, -0.05) is 0 Å². The number of hydrogen-bond acceptors (Lipinski definition) is 4. The normalized spacial score (nSPS) is 17.3. The molecule has 18 heavy (non-hydrogen) atoms. The molecule has 1 heterocycles. The van der Waals surface area contributed by atoms with E-state index in [1.807, 2.05) is 4.90 Å². The number of nitrogens with one attached hydrogen (secondary N) is 1. The molecule has 1 amide bonds. The van der Waals surface area contributed by atoms with Crippen LogP contribution < -0.4 is 16.8 Å². The number of aliphatic imine (C=N–C) groups is 1. The Morgan fingerprint density at radius 1 is 1.50 bits per heavy atom. The van der Waals surface area contributed by atoms with E-state index in [9.17, 15) is 4.79 Å². The minimum Gasteiger partial charge on any atom is -0.369 e. The summed E-state index contributed by atoms with van der Waals surface area (Å²) in [7, 11) is 0. The Morgan fingerprint density at radius 2 is 2.17 bits per heavy atom. The van der Waals surface area contributed by atoms with Gasteiger partial charge in [0.2, 0.25) is 11.9 Å². The molecule has 0 aromatic carbocycles. The number of carbonyl (C=O) groups is 1. The lowest BCUT2D eigenvalue weighted by Gasteiger charge is -2.19. The summed E-state index contributed by atoms with van der Waals surface area (Å²) < 4.78 is 0. The van der Waals surface area contributed by atoms with Gasteiger partial charge in [-0.3, -0.25) is 15.1 Å². The van der Waals surface area contributed by atoms with Crippen LogP contribution in [0.4, 0.5) is 0 Å². The van der Waals surface area contributed by atoms with Gasteiger partial charge in [0.05, 0.1) is 6.04 Å². The number of rotatable bonds is 5. The minimum atomic E-state index is -0.455. The third-order valence-electron chi connectivity index (χ3n) is 2.87. The molecule has 1 rings (SSSR count). The second kappa shape index (κ2) is 7.50. The zero-order valence-corrected chi connectivity index (χ0v) is 10.4. The van der Waals surface area contributed by atoms with Crippen LogP contribution in [-0.4, -0.2) is 42.4 Å². The summed E-state index contributed by atoms with van der Waals surface area (Å²) in [6.07, 6.45) is 5.08. The van der Waals surface area contributed by atoms with Crippen LogP contribution in [0.25, 0.3) is 0 Å². The Morgan fingerprint density at radius 3 is 2.78 bits per heavy atom. The Balaban J connectivity index is 2.20. The van der Waals surface area contributed by atoms with Crippen LogP contribution in [-0.2, 0) is 4.79 Å². The van der Waals surface area contributed by atoms with Gasteiger partial charge >= 0.3 is 0 Å². The summed E-state index contributed by atoms with van der Waals surface area (Å²) in [5.41, 5.74) is 11.2. The van der Waals surface area contributed by atoms with Gasteiger partial charge in [0, 0.05) is 19.6 Å². The number of carbonyl (C=O) groups excluding carboxylic acids is 1. The zero-order chi connectivity index (χ0) is 13.4. The molecule has 0 radical (unpaired) electrons. The molecular formula is C11H20N6O.